The number of hydrogen-bond donors (Lipinski definition) is 5. The summed E-state index contributed by atoms with van der Waals surface area (Å²) in [5, 5.41) is 31.1. The number of unbranched alkanes of at least 4 members (excludes halogenated alkanes) is 2. The van der Waals surface area contributed by atoms with Crippen molar-refractivity contribution in [3.63, 3.8) is 0 Å². The predicted molar refractivity (Wildman–Crippen MR) is 172 cm³/mol. The van der Waals surface area contributed by atoms with Crippen LogP contribution in [0.2, 0.25) is 0 Å². The fraction of sp³-hybridized carbons (Fsp3) is 0.444. The number of β-amino-alcohol motifs (C(OH)–C–C–N with tert-alkyl or cyclic N) is 1. The average molecular weight is 632 g/mol. The number of likely N-dealkylation sites (tertiary alicyclic amines) is 1. The number of amides is 2. The zero-order valence-electron chi connectivity index (χ0n) is 26.1. The summed E-state index contributed by atoms with van der Waals surface area (Å²) < 4.78 is 13.1. The maximum absolute atomic E-state index is 12.4. The number of carbonyl (C=O) groups excluding carboxylic acids is 2. The second kappa shape index (κ2) is 16.8. The van der Waals surface area contributed by atoms with Crippen LogP contribution >= 0.6 is 0 Å². The number of hydrogen-bond acceptors (Lipinski definition) is 8. The van der Waals surface area contributed by atoms with Gasteiger partial charge in [-0.2, -0.15) is 0 Å². The van der Waals surface area contributed by atoms with Gasteiger partial charge >= 0.3 is 0 Å². The maximum Gasteiger partial charge on any atom is 0.243 e. The number of nitrogens with one attached hydrogen (secondary N) is 2. The van der Waals surface area contributed by atoms with E-state index in [1.54, 1.807) is 5.48 Å². The van der Waals surface area contributed by atoms with Gasteiger partial charge in [0.15, 0.2) is 6.29 Å². The normalized spacial score (nSPS) is 21.6. The van der Waals surface area contributed by atoms with Gasteiger partial charge in [0.1, 0.15) is 0 Å². The number of rotatable bonds is 14. The molecule has 0 bridgehead atoms. The Morgan fingerprint density at radius 3 is 2.30 bits per heavy atom. The minimum absolute atomic E-state index is 0.00708. The van der Waals surface area contributed by atoms with E-state index in [9.17, 15) is 19.8 Å². The molecular formula is C36H45N3O7. The Kier molecular flexibility index (Phi) is 12.3. The lowest BCUT2D eigenvalue weighted by Crippen LogP contribution is -2.38. The Hall–Kier alpha value is -3.64. The smallest absolute Gasteiger partial charge is 0.243 e. The molecule has 2 saturated heterocycles. The van der Waals surface area contributed by atoms with Gasteiger partial charge in [-0.25, -0.2) is 5.48 Å². The second-order valence-corrected chi connectivity index (χ2v) is 12.3. The Labute approximate surface area is 270 Å². The van der Waals surface area contributed by atoms with Crippen LogP contribution in [0.15, 0.2) is 72.8 Å². The molecular weight excluding hydrogens is 586 g/mol. The minimum atomic E-state index is -0.575. The van der Waals surface area contributed by atoms with Crippen molar-refractivity contribution >= 4 is 11.8 Å². The van der Waals surface area contributed by atoms with E-state index in [2.05, 4.69) is 28.4 Å². The first-order valence-corrected chi connectivity index (χ1v) is 16.2. The topological polar surface area (TPSA) is 141 Å². The van der Waals surface area contributed by atoms with Crippen molar-refractivity contribution in [2.75, 3.05) is 19.6 Å². The third-order valence-electron chi connectivity index (χ3n) is 8.67. The first-order valence-electron chi connectivity index (χ1n) is 16.2. The predicted octanol–water partition coefficient (Wildman–Crippen LogP) is 4.53. The molecule has 2 amide bonds. The van der Waals surface area contributed by atoms with Gasteiger partial charge in [-0.05, 0) is 59.2 Å². The summed E-state index contributed by atoms with van der Waals surface area (Å²) in [5.41, 5.74) is 7.44. The molecule has 0 radical (unpaired) electrons. The highest BCUT2D eigenvalue weighted by atomic mass is 16.7. The highest BCUT2D eigenvalue weighted by Crippen LogP contribution is 2.39. The SMILES string of the molecule is O=C(CCCCCC(=O)NCc1cccc(-c2cccc(C3OC(CN4CCC(O)C4)CC(c4ccc(CO)cc4)O3)c2)c1)NO. The summed E-state index contributed by atoms with van der Waals surface area (Å²) in [6.45, 7) is 2.63. The van der Waals surface area contributed by atoms with E-state index in [0.717, 1.165) is 59.3 Å². The highest BCUT2D eigenvalue weighted by Gasteiger charge is 2.34. The lowest BCUT2D eigenvalue weighted by molar-refractivity contribution is -0.252. The molecule has 5 rings (SSSR count). The van der Waals surface area contributed by atoms with Gasteiger partial charge in [0.25, 0.3) is 0 Å². The van der Waals surface area contributed by atoms with Gasteiger partial charge in [-0.3, -0.25) is 19.7 Å². The number of hydroxylamine groups is 1. The zero-order valence-corrected chi connectivity index (χ0v) is 26.1. The van der Waals surface area contributed by atoms with Crippen LogP contribution in [0.1, 0.15) is 79.6 Å². The number of aliphatic hydroxyl groups excluding tert-OH is 2. The Bertz CT molecular complexity index is 1430. The highest BCUT2D eigenvalue weighted by molar-refractivity contribution is 5.76. The summed E-state index contributed by atoms with van der Waals surface area (Å²) in [6.07, 6.45) is 3.00. The fourth-order valence-electron chi connectivity index (χ4n) is 6.12. The van der Waals surface area contributed by atoms with E-state index in [1.807, 2.05) is 54.6 Å². The summed E-state index contributed by atoms with van der Waals surface area (Å²) in [5.74, 6) is -0.449. The fourth-order valence-corrected chi connectivity index (χ4v) is 6.12. The van der Waals surface area contributed by atoms with Crippen molar-refractivity contribution < 1.29 is 34.5 Å². The molecule has 246 valence electrons. The zero-order chi connectivity index (χ0) is 32.3. The summed E-state index contributed by atoms with van der Waals surface area (Å²) >= 11 is 0. The number of ether oxygens (including phenoxy) is 2. The van der Waals surface area contributed by atoms with Crippen LogP contribution in [-0.4, -0.2) is 64.0 Å². The lowest BCUT2D eigenvalue weighted by Gasteiger charge is -2.38. The summed E-state index contributed by atoms with van der Waals surface area (Å²) in [6, 6.07) is 24.1. The Morgan fingerprint density at radius 1 is 0.848 bits per heavy atom. The summed E-state index contributed by atoms with van der Waals surface area (Å²) in [4.78, 5) is 25.7. The average Bonchev–Trinajstić information content (AvgIpc) is 3.51. The molecule has 46 heavy (non-hydrogen) atoms. The van der Waals surface area contributed by atoms with Gasteiger partial charge in [0.05, 0.1) is 24.9 Å². The van der Waals surface area contributed by atoms with Gasteiger partial charge in [-0.15, -0.1) is 0 Å². The van der Waals surface area contributed by atoms with Crippen LogP contribution in [0.4, 0.5) is 0 Å². The molecule has 4 atom stereocenters. The largest absolute Gasteiger partial charge is 0.392 e. The van der Waals surface area contributed by atoms with E-state index in [1.165, 1.54) is 0 Å². The molecule has 5 N–H and O–H groups in total. The Morgan fingerprint density at radius 2 is 1.59 bits per heavy atom. The monoisotopic (exact) mass is 631 g/mol. The van der Waals surface area contributed by atoms with E-state index < -0.39 is 12.2 Å². The number of benzene rings is 3. The third-order valence-corrected chi connectivity index (χ3v) is 8.67. The lowest BCUT2D eigenvalue weighted by atomic mass is 9.98. The van der Waals surface area contributed by atoms with Crippen molar-refractivity contribution in [1.82, 2.24) is 15.7 Å². The molecule has 0 saturated carbocycles. The van der Waals surface area contributed by atoms with Crippen LogP contribution in [-0.2, 0) is 32.2 Å². The van der Waals surface area contributed by atoms with Crippen molar-refractivity contribution in [3.8, 4) is 11.1 Å². The van der Waals surface area contributed by atoms with Crippen LogP contribution < -0.4 is 10.8 Å². The van der Waals surface area contributed by atoms with Crippen molar-refractivity contribution in [2.24, 2.45) is 0 Å². The van der Waals surface area contributed by atoms with Crippen LogP contribution in [0.25, 0.3) is 11.1 Å². The van der Waals surface area contributed by atoms with E-state index in [-0.39, 0.29) is 37.2 Å². The van der Waals surface area contributed by atoms with Crippen molar-refractivity contribution in [1.29, 1.82) is 0 Å². The van der Waals surface area contributed by atoms with Crippen LogP contribution in [0, 0.1) is 0 Å². The maximum atomic E-state index is 12.4. The molecule has 3 aromatic rings. The van der Waals surface area contributed by atoms with Gasteiger partial charge in [0.2, 0.25) is 11.8 Å². The second-order valence-electron chi connectivity index (χ2n) is 12.3. The number of carbonyl (C=O) groups is 2. The minimum Gasteiger partial charge on any atom is -0.392 e. The molecule has 0 aromatic heterocycles. The van der Waals surface area contributed by atoms with Gasteiger partial charge < -0.3 is 25.0 Å². The Balaban J connectivity index is 1.23. The molecule has 2 aliphatic rings. The van der Waals surface area contributed by atoms with Crippen LogP contribution in [0.5, 0.6) is 0 Å². The van der Waals surface area contributed by atoms with Crippen LogP contribution in [0.3, 0.4) is 0 Å². The molecule has 0 spiro atoms. The first kappa shape index (κ1) is 33.7. The number of aliphatic hydroxyl groups is 2. The molecule has 0 aliphatic carbocycles. The molecule has 4 unspecified atom stereocenters. The van der Waals surface area contributed by atoms with Gasteiger partial charge in [-0.1, -0.05) is 67.1 Å². The number of nitrogens with zero attached hydrogens (tertiary/aromatic N) is 1. The molecule has 2 aliphatic heterocycles. The molecule has 3 aromatic carbocycles. The van der Waals surface area contributed by atoms with E-state index in [0.29, 0.717) is 38.8 Å². The third kappa shape index (κ3) is 9.68. The van der Waals surface area contributed by atoms with E-state index in [4.69, 9.17) is 14.7 Å². The first-order chi connectivity index (χ1) is 22.4. The molecule has 10 heteroatoms. The molecule has 2 heterocycles. The summed E-state index contributed by atoms with van der Waals surface area (Å²) in [7, 11) is 0. The molecule has 2 fully saturated rings. The van der Waals surface area contributed by atoms with Crippen molar-refractivity contribution in [3.05, 3.63) is 95.1 Å². The van der Waals surface area contributed by atoms with Gasteiger partial charge in [0, 0.05) is 51.0 Å². The quantitative estimate of drug-likeness (QED) is 0.0994. The standard InChI is InChI=1S/C36H45N3O7/c40-24-25-12-14-27(15-13-25)33-20-32(23-39-17-16-31(41)22-39)45-36(46-33)30-9-5-8-29(19-30)28-7-4-6-26(18-28)21-37-34(42)10-2-1-3-11-35(43)38-44/h4-9,12-15,18-19,31-33,36,40-41,44H,1-3,10-11,16-17,20-24H2,(H,37,42)(H,38,43). The van der Waals surface area contributed by atoms with E-state index >= 15 is 0 Å². The van der Waals surface area contributed by atoms with Crippen molar-refractivity contribution in [2.45, 2.75) is 82.7 Å². The molecule has 10 nitrogen and oxygen atoms in total.